The molecule has 10 heteroatoms. The molecule has 0 saturated heterocycles. The zero-order chi connectivity index (χ0) is 24.5. The van der Waals surface area contributed by atoms with Crippen LogP contribution in [0.1, 0.15) is 15.9 Å². The lowest BCUT2D eigenvalue weighted by Crippen LogP contribution is -2.13. The summed E-state index contributed by atoms with van der Waals surface area (Å²) in [6.45, 7) is -0.366. The topological polar surface area (TPSA) is 78.3 Å². The summed E-state index contributed by atoms with van der Waals surface area (Å²) >= 11 is 18.2. The van der Waals surface area contributed by atoms with Crippen LogP contribution in [0.2, 0.25) is 15.1 Å². The Bertz CT molecular complexity index is 1490. The number of halogens is 3. The van der Waals surface area contributed by atoms with E-state index >= 15 is 0 Å². The first kappa shape index (κ1) is 24.3. The largest absolute Gasteiger partial charge is 0.457 e. The van der Waals surface area contributed by atoms with E-state index in [9.17, 15) is 13.2 Å². The summed E-state index contributed by atoms with van der Waals surface area (Å²) in [6.07, 6.45) is 0. The fourth-order valence-electron chi connectivity index (χ4n) is 3.48. The predicted octanol–water partition coefficient (Wildman–Crippen LogP) is 6.24. The molecule has 0 fully saturated rings. The van der Waals surface area contributed by atoms with Crippen LogP contribution in [0.25, 0.3) is 11.3 Å². The number of benzene rings is 3. The molecule has 6 nitrogen and oxygen atoms in total. The normalized spacial score (nSPS) is 11.4. The van der Waals surface area contributed by atoms with Crippen molar-refractivity contribution < 1.29 is 17.9 Å². The molecular formula is C24H17Cl3N2O4S. The van der Waals surface area contributed by atoms with Gasteiger partial charge in [-0.15, -0.1) is 0 Å². The van der Waals surface area contributed by atoms with Gasteiger partial charge in [-0.1, -0.05) is 77.3 Å². The van der Waals surface area contributed by atoms with E-state index in [0.29, 0.717) is 16.3 Å². The number of hydrogen-bond acceptors (Lipinski definition) is 5. The number of carbonyl (C=O) groups is 1. The van der Waals surface area contributed by atoms with E-state index in [1.165, 1.54) is 42.1 Å². The molecule has 0 atom stereocenters. The monoisotopic (exact) mass is 534 g/mol. The Morgan fingerprint density at radius 2 is 1.62 bits per heavy atom. The van der Waals surface area contributed by atoms with Crippen LogP contribution in [0.15, 0.2) is 82.7 Å². The minimum absolute atomic E-state index is 0.0702. The SMILES string of the molecule is Cn1nc(-c2ccccc2)c(COC(=O)c2ccc(Cl)cc2Cl)c1S(=O)(=O)c1ccccc1Cl. The Labute approximate surface area is 211 Å². The van der Waals surface area contributed by atoms with Gasteiger partial charge in [-0.3, -0.25) is 4.68 Å². The maximum atomic E-state index is 13.6. The Morgan fingerprint density at radius 3 is 2.29 bits per heavy atom. The lowest BCUT2D eigenvalue weighted by molar-refractivity contribution is 0.0470. The van der Waals surface area contributed by atoms with Crippen molar-refractivity contribution in [3.63, 3.8) is 0 Å². The zero-order valence-electron chi connectivity index (χ0n) is 17.7. The van der Waals surface area contributed by atoms with E-state index in [4.69, 9.17) is 39.5 Å². The number of nitrogens with zero attached hydrogens (tertiary/aromatic N) is 2. The van der Waals surface area contributed by atoms with Crippen molar-refractivity contribution in [2.45, 2.75) is 16.5 Å². The first-order valence-electron chi connectivity index (χ1n) is 9.93. The molecule has 0 unspecified atom stereocenters. The first-order chi connectivity index (χ1) is 16.2. The zero-order valence-corrected chi connectivity index (χ0v) is 20.8. The summed E-state index contributed by atoms with van der Waals surface area (Å²) in [6, 6.07) is 19.5. The second-order valence-electron chi connectivity index (χ2n) is 7.26. The van der Waals surface area contributed by atoms with Crippen LogP contribution >= 0.6 is 34.8 Å². The third-order valence-corrected chi connectivity index (χ3v) is 7.96. The van der Waals surface area contributed by atoms with Gasteiger partial charge in [-0.05, 0) is 30.3 Å². The second-order valence-corrected chi connectivity index (χ2v) is 10.3. The van der Waals surface area contributed by atoms with Crippen LogP contribution in [-0.2, 0) is 28.2 Å². The molecular weight excluding hydrogens is 519 g/mol. The Morgan fingerprint density at radius 1 is 0.941 bits per heavy atom. The lowest BCUT2D eigenvalue weighted by Gasteiger charge is -2.11. The third-order valence-electron chi connectivity index (χ3n) is 5.01. The van der Waals surface area contributed by atoms with Gasteiger partial charge in [0.25, 0.3) is 0 Å². The number of hydrogen-bond donors (Lipinski definition) is 0. The standard InChI is InChI=1S/C24H17Cl3N2O4S/c1-29-23(34(31,32)21-10-6-5-9-19(21)26)18(22(28-29)15-7-3-2-4-8-15)14-33-24(30)17-12-11-16(25)13-20(17)27/h2-13H,14H2,1H3. The van der Waals surface area contributed by atoms with Crippen molar-refractivity contribution in [2.75, 3.05) is 0 Å². The van der Waals surface area contributed by atoms with Crippen molar-refractivity contribution in [2.24, 2.45) is 7.05 Å². The number of aryl methyl sites for hydroxylation is 1. The molecule has 0 aliphatic rings. The molecule has 0 bridgehead atoms. The smallest absolute Gasteiger partial charge is 0.339 e. The molecule has 34 heavy (non-hydrogen) atoms. The highest BCUT2D eigenvalue weighted by atomic mass is 35.5. The maximum absolute atomic E-state index is 13.6. The van der Waals surface area contributed by atoms with E-state index in [1.54, 1.807) is 36.4 Å². The average molecular weight is 536 g/mol. The van der Waals surface area contributed by atoms with Gasteiger partial charge in [-0.25, -0.2) is 13.2 Å². The number of sulfone groups is 1. The molecule has 0 radical (unpaired) electrons. The van der Waals surface area contributed by atoms with E-state index in [0.717, 1.165) is 0 Å². The first-order valence-corrected chi connectivity index (χ1v) is 12.5. The number of carbonyl (C=O) groups excluding carboxylic acids is 1. The van der Waals surface area contributed by atoms with Crippen molar-refractivity contribution >= 4 is 50.6 Å². The highest BCUT2D eigenvalue weighted by Gasteiger charge is 2.31. The molecule has 4 aromatic rings. The Hall–Kier alpha value is -2.84. The van der Waals surface area contributed by atoms with Gasteiger partial charge in [-0.2, -0.15) is 5.10 Å². The fourth-order valence-corrected chi connectivity index (χ4v) is 6.07. The highest BCUT2D eigenvalue weighted by Crippen LogP contribution is 2.34. The summed E-state index contributed by atoms with van der Waals surface area (Å²) in [5.41, 5.74) is 1.34. The molecule has 3 aromatic carbocycles. The van der Waals surface area contributed by atoms with Gasteiger partial charge < -0.3 is 4.74 Å². The summed E-state index contributed by atoms with van der Waals surface area (Å²) in [5.74, 6) is -0.731. The predicted molar refractivity (Wildman–Crippen MR) is 131 cm³/mol. The molecule has 0 amide bonds. The van der Waals surface area contributed by atoms with Crippen LogP contribution in [0.3, 0.4) is 0 Å². The van der Waals surface area contributed by atoms with E-state index < -0.39 is 15.8 Å². The van der Waals surface area contributed by atoms with Gasteiger partial charge >= 0.3 is 5.97 Å². The minimum atomic E-state index is -4.11. The maximum Gasteiger partial charge on any atom is 0.339 e. The fraction of sp³-hybridized carbons (Fsp3) is 0.0833. The van der Waals surface area contributed by atoms with Crippen LogP contribution in [0.5, 0.6) is 0 Å². The minimum Gasteiger partial charge on any atom is -0.457 e. The molecule has 0 spiro atoms. The average Bonchev–Trinajstić information content (AvgIpc) is 3.15. The van der Waals surface area contributed by atoms with Gasteiger partial charge in [0.1, 0.15) is 12.3 Å². The number of esters is 1. The van der Waals surface area contributed by atoms with Gasteiger partial charge in [0.15, 0.2) is 5.03 Å². The van der Waals surface area contributed by atoms with Gasteiger partial charge in [0.05, 0.1) is 26.1 Å². The van der Waals surface area contributed by atoms with Crippen LogP contribution in [0, 0.1) is 0 Å². The van der Waals surface area contributed by atoms with Crippen molar-refractivity contribution in [1.29, 1.82) is 0 Å². The molecule has 1 aromatic heterocycles. The molecule has 0 saturated carbocycles. The molecule has 0 aliphatic heterocycles. The molecule has 4 rings (SSSR count). The van der Waals surface area contributed by atoms with Gasteiger partial charge in [0, 0.05) is 17.6 Å². The molecule has 0 N–H and O–H groups in total. The summed E-state index contributed by atoms with van der Waals surface area (Å²) in [5, 5.41) is 4.87. The number of rotatable bonds is 6. The quantitative estimate of drug-likeness (QED) is 0.273. The second kappa shape index (κ2) is 9.80. The number of ether oxygens (including phenoxy) is 1. The summed E-state index contributed by atoms with van der Waals surface area (Å²) < 4.78 is 34.0. The van der Waals surface area contributed by atoms with Crippen molar-refractivity contribution in [3.05, 3.63) is 99.0 Å². The molecule has 0 aliphatic carbocycles. The molecule has 1 heterocycles. The summed E-state index contributed by atoms with van der Waals surface area (Å²) in [7, 11) is -2.60. The highest BCUT2D eigenvalue weighted by molar-refractivity contribution is 7.91. The Balaban J connectivity index is 1.81. The van der Waals surface area contributed by atoms with Crippen LogP contribution < -0.4 is 0 Å². The van der Waals surface area contributed by atoms with Crippen molar-refractivity contribution in [3.8, 4) is 11.3 Å². The van der Waals surface area contributed by atoms with E-state index in [-0.39, 0.29) is 37.7 Å². The van der Waals surface area contributed by atoms with Gasteiger partial charge in [0.2, 0.25) is 9.84 Å². The Kier molecular flexibility index (Phi) is 7.00. The van der Waals surface area contributed by atoms with Crippen LogP contribution in [0.4, 0.5) is 0 Å². The van der Waals surface area contributed by atoms with Crippen molar-refractivity contribution in [1.82, 2.24) is 9.78 Å². The van der Waals surface area contributed by atoms with Crippen LogP contribution in [-0.4, -0.2) is 24.2 Å². The lowest BCUT2D eigenvalue weighted by atomic mass is 10.1. The number of aromatic nitrogens is 2. The van der Waals surface area contributed by atoms with E-state index in [1.807, 2.05) is 6.07 Å². The molecule has 174 valence electrons. The van der Waals surface area contributed by atoms with E-state index in [2.05, 4.69) is 5.10 Å². The third kappa shape index (κ3) is 4.70. The summed E-state index contributed by atoms with van der Waals surface area (Å²) in [4.78, 5) is 12.7.